The molecule has 0 heterocycles. The van der Waals surface area contributed by atoms with Crippen molar-refractivity contribution in [1.82, 2.24) is 0 Å². The van der Waals surface area contributed by atoms with Crippen LogP contribution in [0.4, 0.5) is 4.20 Å². The molecule has 0 rings (SSSR count). The molecule has 10 heavy (non-hydrogen) atoms. The lowest BCUT2D eigenvalue weighted by Crippen LogP contribution is -1.81. The number of oxime groups is 1. The maximum absolute atomic E-state index is 12.1. The standard InChI is InChI=1S/C2H3Cl2FNO3P/c1-8-10(5,7)9-6-2(3)4/h1H3. The second-order valence-electron chi connectivity index (χ2n) is 1.03. The summed E-state index contributed by atoms with van der Waals surface area (Å²) in [6.07, 6.45) is 0. The highest BCUT2D eigenvalue weighted by Gasteiger charge is 2.23. The fourth-order valence-electron chi connectivity index (χ4n) is 0.113. The minimum atomic E-state index is -4.58. The van der Waals surface area contributed by atoms with E-state index in [-0.39, 0.29) is 0 Å². The van der Waals surface area contributed by atoms with Gasteiger partial charge in [-0.1, -0.05) is 0 Å². The first kappa shape index (κ1) is 10.2. The Bertz CT molecular complexity index is 181. The Labute approximate surface area is 66.5 Å². The van der Waals surface area contributed by atoms with E-state index in [0.29, 0.717) is 0 Å². The molecule has 0 bridgehead atoms. The lowest BCUT2D eigenvalue weighted by atomic mass is 11.7. The first-order valence-electron chi connectivity index (χ1n) is 1.91. The Morgan fingerprint density at radius 1 is 1.70 bits per heavy atom. The number of nitrogens with zero attached hydrogens (tertiary/aromatic N) is 1. The van der Waals surface area contributed by atoms with E-state index in [0.717, 1.165) is 7.11 Å². The van der Waals surface area contributed by atoms with Crippen molar-refractivity contribution in [2.75, 3.05) is 7.11 Å². The molecule has 0 aromatic rings. The van der Waals surface area contributed by atoms with Gasteiger partial charge in [0.1, 0.15) is 0 Å². The van der Waals surface area contributed by atoms with Crippen LogP contribution in [-0.2, 0) is 13.7 Å². The third kappa shape index (κ3) is 4.99. The van der Waals surface area contributed by atoms with Crippen molar-refractivity contribution in [2.24, 2.45) is 5.16 Å². The van der Waals surface area contributed by atoms with Crippen LogP contribution in [0.15, 0.2) is 5.16 Å². The quantitative estimate of drug-likeness (QED) is 0.408. The summed E-state index contributed by atoms with van der Waals surface area (Å²) in [4.78, 5) is 0. The van der Waals surface area contributed by atoms with Crippen molar-refractivity contribution in [1.29, 1.82) is 0 Å². The molecule has 0 aromatic heterocycles. The van der Waals surface area contributed by atoms with Crippen LogP contribution in [0.25, 0.3) is 0 Å². The van der Waals surface area contributed by atoms with E-state index in [9.17, 15) is 8.76 Å². The second kappa shape index (κ2) is 4.13. The predicted octanol–water partition coefficient (Wildman–Crippen LogP) is 2.48. The van der Waals surface area contributed by atoms with E-state index in [1.807, 2.05) is 0 Å². The van der Waals surface area contributed by atoms with Crippen molar-refractivity contribution < 1.29 is 17.9 Å². The van der Waals surface area contributed by atoms with Gasteiger partial charge < -0.3 is 0 Å². The Hall–Kier alpha value is 0.170. The van der Waals surface area contributed by atoms with E-state index in [1.165, 1.54) is 0 Å². The maximum Gasteiger partial charge on any atom is 0.590 e. The average molecular weight is 210 g/mol. The molecule has 0 N–H and O–H groups in total. The SMILES string of the molecule is COP(=O)(F)ON=C(Cl)Cl. The minimum absolute atomic E-state index is 0.588. The van der Waals surface area contributed by atoms with Crippen LogP contribution in [0.3, 0.4) is 0 Å². The molecule has 0 aliphatic carbocycles. The summed E-state index contributed by atoms with van der Waals surface area (Å²) >= 11 is 9.78. The van der Waals surface area contributed by atoms with Crippen molar-refractivity contribution >= 4 is 35.7 Å². The molecule has 0 spiro atoms. The van der Waals surface area contributed by atoms with Crippen molar-refractivity contribution in [2.45, 2.75) is 0 Å². The van der Waals surface area contributed by atoms with Crippen LogP contribution in [0, 0.1) is 0 Å². The van der Waals surface area contributed by atoms with Gasteiger partial charge in [0.25, 0.3) is 0 Å². The number of hydrogen-bond acceptors (Lipinski definition) is 4. The molecule has 0 aliphatic heterocycles. The van der Waals surface area contributed by atoms with E-state index in [2.05, 4.69) is 14.3 Å². The van der Waals surface area contributed by atoms with Gasteiger partial charge in [0.2, 0.25) is 4.63 Å². The van der Waals surface area contributed by atoms with Gasteiger partial charge in [-0.3, -0.25) is 9.15 Å². The molecule has 60 valence electrons. The molecule has 1 atom stereocenters. The smallest absolute Gasteiger partial charge is 0.286 e. The summed E-state index contributed by atoms with van der Waals surface area (Å²) in [6, 6.07) is 0. The third-order valence-electron chi connectivity index (χ3n) is 0.425. The summed E-state index contributed by atoms with van der Waals surface area (Å²) in [5.41, 5.74) is 0. The zero-order valence-corrected chi connectivity index (χ0v) is 7.16. The number of hydrogen-bond donors (Lipinski definition) is 0. The molecule has 0 aromatic carbocycles. The average Bonchev–Trinajstić information content (AvgIpc) is 1.85. The highest BCUT2D eigenvalue weighted by molar-refractivity contribution is 7.48. The van der Waals surface area contributed by atoms with Crippen molar-refractivity contribution in [3.05, 3.63) is 0 Å². The second-order valence-corrected chi connectivity index (χ2v) is 3.33. The van der Waals surface area contributed by atoms with E-state index >= 15 is 0 Å². The number of halogens is 3. The van der Waals surface area contributed by atoms with E-state index in [4.69, 9.17) is 23.2 Å². The van der Waals surface area contributed by atoms with Gasteiger partial charge >= 0.3 is 7.91 Å². The minimum Gasteiger partial charge on any atom is -0.286 e. The van der Waals surface area contributed by atoms with E-state index in [1.54, 1.807) is 0 Å². The summed E-state index contributed by atoms with van der Waals surface area (Å²) in [5.74, 6) is 0. The van der Waals surface area contributed by atoms with Crippen LogP contribution in [-0.4, -0.2) is 11.7 Å². The number of rotatable bonds is 3. The van der Waals surface area contributed by atoms with Crippen LogP contribution >= 0.6 is 31.1 Å². The molecule has 4 nitrogen and oxygen atoms in total. The lowest BCUT2D eigenvalue weighted by molar-refractivity contribution is 0.210. The normalized spacial score (nSPS) is 15.6. The predicted molar refractivity (Wildman–Crippen MR) is 35.9 cm³/mol. The monoisotopic (exact) mass is 209 g/mol. The van der Waals surface area contributed by atoms with Crippen LogP contribution in [0.2, 0.25) is 0 Å². The molecule has 0 amide bonds. The molecule has 0 fully saturated rings. The molecule has 8 heteroatoms. The molecular formula is C2H3Cl2FNO3P. The molecular weight excluding hydrogens is 207 g/mol. The maximum atomic E-state index is 12.1. The van der Waals surface area contributed by atoms with Crippen LogP contribution in [0.5, 0.6) is 0 Å². The fourth-order valence-corrected chi connectivity index (χ4v) is 0.524. The highest BCUT2D eigenvalue weighted by Crippen LogP contribution is 2.49. The Kier molecular flexibility index (Phi) is 4.20. The van der Waals surface area contributed by atoms with E-state index < -0.39 is 12.5 Å². The lowest BCUT2D eigenvalue weighted by Gasteiger charge is -1.99. The topological polar surface area (TPSA) is 47.9 Å². The Morgan fingerprint density at radius 3 is 2.50 bits per heavy atom. The summed E-state index contributed by atoms with van der Waals surface area (Å²) in [5, 5.41) is 2.65. The molecule has 1 unspecified atom stereocenters. The largest absolute Gasteiger partial charge is 0.590 e. The first-order valence-corrected chi connectivity index (χ1v) is 4.10. The molecule has 0 saturated heterocycles. The van der Waals surface area contributed by atoms with Gasteiger partial charge in [-0.2, -0.15) is 0 Å². The van der Waals surface area contributed by atoms with Gasteiger partial charge in [0.05, 0.1) is 0 Å². The fraction of sp³-hybridized carbons (Fsp3) is 0.500. The summed E-state index contributed by atoms with van der Waals surface area (Å²) in [6.45, 7) is 0. The molecule has 0 radical (unpaired) electrons. The van der Waals surface area contributed by atoms with Gasteiger partial charge in [-0.25, -0.2) is 4.57 Å². The van der Waals surface area contributed by atoms with Gasteiger partial charge in [0, 0.05) is 7.11 Å². The van der Waals surface area contributed by atoms with Crippen molar-refractivity contribution in [3.8, 4) is 0 Å². The highest BCUT2D eigenvalue weighted by atomic mass is 35.5. The zero-order chi connectivity index (χ0) is 8.20. The third-order valence-corrected chi connectivity index (χ3v) is 1.28. The van der Waals surface area contributed by atoms with Crippen LogP contribution < -0.4 is 0 Å². The first-order chi connectivity index (χ1) is 4.48. The zero-order valence-electron chi connectivity index (χ0n) is 4.75. The summed E-state index contributed by atoms with van der Waals surface area (Å²) < 4.78 is 29.0. The molecule has 0 saturated carbocycles. The van der Waals surface area contributed by atoms with Crippen molar-refractivity contribution in [3.63, 3.8) is 0 Å². The van der Waals surface area contributed by atoms with Crippen LogP contribution in [0.1, 0.15) is 0 Å². The Balaban J connectivity index is 3.92. The van der Waals surface area contributed by atoms with Gasteiger partial charge in [0.15, 0.2) is 0 Å². The van der Waals surface area contributed by atoms with Gasteiger partial charge in [-0.05, 0) is 28.4 Å². The Morgan fingerprint density at radius 2 is 2.20 bits per heavy atom. The molecule has 0 aliphatic rings. The van der Waals surface area contributed by atoms with Gasteiger partial charge in [-0.15, -0.1) is 4.20 Å². The summed E-state index contributed by atoms with van der Waals surface area (Å²) in [7, 11) is -3.72.